The predicted molar refractivity (Wildman–Crippen MR) is 152 cm³/mol. The molecule has 2 aromatic carbocycles. The van der Waals surface area contributed by atoms with E-state index in [0.717, 1.165) is 35.4 Å². The number of benzene rings is 2. The van der Waals surface area contributed by atoms with E-state index in [0.29, 0.717) is 22.6 Å². The second kappa shape index (κ2) is 10.1. The van der Waals surface area contributed by atoms with Crippen LogP contribution in [0, 0.1) is 6.92 Å². The third-order valence-corrected chi connectivity index (χ3v) is 7.71. The average Bonchev–Trinajstić information content (AvgIpc) is 3.51. The van der Waals surface area contributed by atoms with Crippen LogP contribution in [-0.4, -0.2) is 32.0 Å². The Kier molecular flexibility index (Phi) is 6.92. The van der Waals surface area contributed by atoms with Crippen LogP contribution in [0.25, 0.3) is 27.0 Å². The smallest absolute Gasteiger partial charge is 0.383 e. The predicted octanol–water partition coefficient (Wildman–Crippen LogP) is 7.57. The summed E-state index contributed by atoms with van der Waals surface area (Å²) in [6.07, 6.45) is -3.16. The van der Waals surface area contributed by atoms with E-state index in [9.17, 15) is 18.0 Å². The highest BCUT2D eigenvalue weighted by atomic mass is 35.5. The second-order valence-corrected chi connectivity index (χ2v) is 10.9. The van der Waals surface area contributed by atoms with Crippen LogP contribution in [0.4, 0.5) is 35.3 Å². The number of thiophene rings is 1. The van der Waals surface area contributed by atoms with Crippen molar-refractivity contribution >= 4 is 56.5 Å². The molecule has 0 aliphatic heterocycles. The fourth-order valence-corrected chi connectivity index (χ4v) is 5.12. The fraction of sp³-hybridized carbons (Fsp3) is 0.185. The maximum atomic E-state index is 13.8. The maximum Gasteiger partial charge on any atom is 0.399 e. The lowest BCUT2D eigenvalue weighted by atomic mass is 9.89. The van der Waals surface area contributed by atoms with Gasteiger partial charge in [0, 0.05) is 17.0 Å². The third kappa shape index (κ3) is 5.07. The number of carbonyl (C=O) groups is 1. The van der Waals surface area contributed by atoms with Gasteiger partial charge in [-0.25, -0.2) is 19.4 Å². The van der Waals surface area contributed by atoms with Crippen molar-refractivity contribution in [2.24, 2.45) is 0 Å². The first-order valence-corrected chi connectivity index (χ1v) is 13.2. The first-order chi connectivity index (χ1) is 18.8. The van der Waals surface area contributed by atoms with E-state index in [2.05, 4.69) is 25.7 Å². The zero-order valence-electron chi connectivity index (χ0n) is 21.5. The van der Waals surface area contributed by atoms with Gasteiger partial charge in [-0.15, -0.1) is 11.3 Å². The van der Waals surface area contributed by atoms with Crippen molar-refractivity contribution < 1.29 is 18.0 Å². The van der Waals surface area contributed by atoms with Crippen LogP contribution in [0.2, 0.25) is 5.02 Å². The van der Waals surface area contributed by atoms with E-state index < -0.39 is 17.6 Å². The minimum Gasteiger partial charge on any atom is -0.383 e. The highest BCUT2D eigenvalue weighted by Gasteiger charge is 2.50. The molecule has 3 heterocycles. The van der Waals surface area contributed by atoms with Crippen molar-refractivity contribution in [2.75, 3.05) is 16.4 Å². The van der Waals surface area contributed by atoms with Crippen molar-refractivity contribution in [1.29, 1.82) is 0 Å². The quantitative estimate of drug-likeness (QED) is 0.197. The van der Waals surface area contributed by atoms with Gasteiger partial charge in [-0.1, -0.05) is 35.4 Å². The third-order valence-electron chi connectivity index (χ3n) is 6.51. The lowest BCUT2D eigenvalue weighted by Gasteiger charge is -2.25. The number of nitrogens with two attached hydrogens (primary N) is 1. The molecule has 5 rings (SSSR count). The molecule has 13 heteroatoms. The molecule has 0 aliphatic rings. The van der Waals surface area contributed by atoms with Crippen LogP contribution >= 0.6 is 22.9 Å². The summed E-state index contributed by atoms with van der Waals surface area (Å²) in [5.41, 5.74) is 6.84. The van der Waals surface area contributed by atoms with Gasteiger partial charge in [-0.2, -0.15) is 18.3 Å². The second-order valence-electron chi connectivity index (χ2n) is 9.65. The number of anilines is 3. The Hall–Kier alpha value is -4.16. The normalized spacial score (nSPS) is 12.1. The van der Waals surface area contributed by atoms with Crippen molar-refractivity contribution in [1.82, 2.24) is 19.7 Å². The molecule has 0 saturated carbocycles. The molecule has 0 bridgehead atoms. The molecule has 8 nitrogen and oxygen atoms in total. The van der Waals surface area contributed by atoms with Gasteiger partial charge in [0.25, 0.3) is 0 Å². The van der Waals surface area contributed by atoms with Crippen LogP contribution in [0.3, 0.4) is 0 Å². The molecular weight excluding hydrogens is 563 g/mol. The maximum absolute atomic E-state index is 13.8. The van der Waals surface area contributed by atoms with Crippen LogP contribution in [0.1, 0.15) is 25.1 Å². The summed E-state index contributed by atoms with van der Waals surface area (Å²) >= 11 is 7.91. The number of hydrogen-bond acceptors (Lipinski definition) is 6. The van der Waals surface area contributed by atoms with Gasteiger partial charge in [0.15, 0.2) is 0 Å². The van der Waals surface area contributed by atoms with E-state index in [1.807, 2.05) is 12.3 Å². The first-order valence-electron chi connectivity index (χ1n) is 11.9. The van der Waals surface area contributed by atoms with Gasteiger partial charge in [-0.05, 0) is 50.6 Å². The molecule has 0 atom stereocenters. The highest BCUT2D eigenvalue weighted by Crippen LogP contribution is 2.41. The number of carbonyl (C=O) groups excluding carboxylic acids is 1. The number of hydrogen-bond donors (Lipinski definition) is 3. The number of halogens is 4. The Morgan fingerprint density at radius 2 is 1.77 bits per heavy atom. The number of nitrogen functional groups attached to an aromatic ring is 1. The molecule has 0 radical (unpaired) electrons. The number of fused-ring (bicyclic) bond motifs is 1. The highest BCUT2D eigenvalue weighted by molar-refractivity contribution is 7.17. The summed E-state index contributed by atoms with van der Waals surface area (Å²) in [5.74, 6) is 0.402. The van der Waals surface area contributed by atoms with Gasteiger partial charge in [0.2, 0.25) is 0 Å². The zero-order valence-corrected chi connectivity index (χ0v) is 23.0. The lowest BCUT2D eigenvalue weighted by Crippen LogP contribution is -2.36. The Balaban J connectivity index is 1.42. The largest absolute Gasteiger partial charge is 0.399 e. The molecule has 40 heavy (non-hydrogen) atoms. The number of aryl methyl sites for hydroxylation is 1. The van der Waals surface area contributed by atoms with Gasteiger partial charge in [0.1, 0.15) is 28.2 Å². The minimum atomic E-state index is -4.56. The van der Waals surface area contributed by atoms with Gasteiger partial charge < -0.3 is 11.1 Å². The van der Waals surface area contributed by atoms with Gasteiger partial charge in [0.05, 0.1) is 27.5 Å². The fourth-order valence-electron chi connectivity index (χ4n) is 3.97. The van der Waals surface area contributed by atoms with Crippen molar-refractivity contribution in [3.05, 3.63) is 76.5 Å². The number of nitrogens with one attached hydrogen (secondary N) is 2. The molecular formula is C27H23ClF3N7OS. The van der Waals surface area contributed by atoms with E-state index >= 15 is 0 Å². The molecule has 0 saturated heterocycles. The van der Waals surface area contributed by atoms with Crippen molar-refractivity contribution in [3.63, 3.8) is 0 Å². The number of alkyl halides is 3. The van der Waals surface area contributed by atoms with Crippen LogP contribution in [0.15, 0.2) is 60.2 Å². The monoisotopic (exact) mass is 585 g/mol. The summed E-state index contributed by atoms with van der Waals surface area (Å²) in [6.45, 7) is 3.96. The van der Waals surface area contributed by atoms with Crippen LogP contribution in [-0.2, 0) is 5.41 Å². The molecule has 206 valence electrons. The Bertz CT molecular complexity index is 1730. The summed E-state index contributed by atoms with van der Waals surface area (Å²) in [7, 11) is 0. The molecule has 2 amide bonds. The SMILES string of the molecule is Cc1ccc(-n2nc(C(C)(C)C(F)(F)F)cc2NC(=O)Nc2ccc(-c3csc4ncnc(N)c34)cc2Cl)cc1. The Morgan fingerprint density at radius 1 is 1.05 bits per heavy atom. The molecule has 3 aromatic heterocycles. The first kappa shape index (κ1) is 27.4. The van der Waals surface area contributed by atoms with Gasteiger partial charge >= 0.3 is 12.2 Å². The molecule has 0 aliphatic carbocycles. The van der Waals surface area contributed by atoms with Crippen molar-refractivity contribution in [3.8, 4) is 16.8 Å². The average molecular weight is 586 g/mol. The number of rotatable bonds is 5. The molecule has 0 spiro atoms. The standard InChI is InChI=1S/C27H23ClF3N7OS/c1-14-4-7-16(8-5-14)38-21(11-20(37-38)26(2,3)27(29,30)31)36-25(39)35-19-9-6-15(10-18(19)28)17-12-40-24-22(17)23(32)33-13-34-24/h4-13H,1-3H3,(H2,32,33,34)(H2,35,36,39). The van der Waals surface area contributed by atoms with Crippen LogP contribution in [0.5, 0.6) is 0 Å². The van der Waals surface area contributed by atoms with Gasteiger partial charge in [-0.3, -0.25) is 5.32 Å². The molecule has 5 aromatic rings. The summed E-state index contributed by atoms with van der Waals surface area (Å²) in [5, 5.41) is 12.3. The molecule has 0 unspecified atom stereocenters. The topological polar surface area (TPSA) is 111 Å². The van der Waals surface area contributed by atoms with E-state index in [4.69, 9.17) is 17.3 Å². The zero-order chi connectivity index (χ0) is 28.8. The molecule has 4 N–H and O–H groups in total. The Morgan fingerprint density at radius 3 is 2.45 bits per heavy atom. The number of amides is 2. The van der Waals surface area contributed by atoms with Crippen LogP contribution < -0.4 is 16.4 Å². The minimum absolute atomic E-state index is 0.0571. The van der Waals surface area contributed by atoms with E-state index in [1.54, 1.807) is 42.5 Å². The molecule has 0 fully saturated rings. The van der Waals surface area contributed by atoms with Crippen molar-refractivity contribution in [2.45, 2.75) is 32.4 Å². The number of urea groups is 1. The summed E-state index contributed by atoms with van der Waals surface area (Å²) < 4.78 is 42.6. The van der Waals surface area contributed by atoms with E-state index in [-0.39, 0.29) is 16.5 Å². The number of aromatic nitrogens is 4. The number of nitrogens with zero attached hydrogens (tertiary/aromatic N) is 4. The summed E-state index contributed by atoms with van der Waals surface area (Å²) in [4.78, 5) is 22.0. The van der Waals surface area contributed by atoms with E-state index in [1.165, 1.54) is 28.4 Å². The Labute approximate surface area is 236 Å². The summed E-state index contributed by atoms with van der Waals surface area (Å²) in [6, 6.07) is 12.6. The lowest BCUT2D eigenvalue weighted by molar-refractivity contribution is -0.181.